The van der Waals surface area contributed by atoms with Crippen molar-refractivity contribution in [1.29, 1.82) is 0 Å². The third-order valence-corrected chi connectivity index (χ3v) is 5.98. The molecule has 1 aliphatic heterocycles. The van der Waals surface area contributed by atoms with Crippen LogP contribution in [0.2, 0.25) is 0 Å². The van der Waals surface area contributed by atoms with E-state index in [4.69, 9.17) is 14.2 Å². The van der Waals surface area contributed by atoms with Gasteiger partial charge >= 0.3 is 17.9 Å². The zero-order chi connectivity index (χ0) is 27.1. The second kappa shape index (κ2) is 12.3. The number of halogens is 1. The van der Waals surface area contributed by atoms with Gasteiger partial charge in [0.15, 0.2) is 11.7 Å². The molecule has 2 heterocycles. The van der Waals surface area contributed by atoms with Gasteiger partial charge in [0, 0.05) is 22.3 Å². The van der Waals surface area contributed by atoms with Crippen molar-refractivity contribution in [2.75, 3.05) is 25.1 Å². The molecule has 3 rings (SSSR count). The van der Waals surface area contributed by atoms with Gasteiger partial charge in [-0.2, -0.15) is 0 Å². The normalized spacial score (nSPS) is 13.6. The first kappa shape index (κ1) is 27.5. The van der Waals surface area contributed by atoms with Gasteiger partial charge in [-0.05, 0) is 52.0 Å². The molecule has 1 aromatic carbocycles. The predicted molar refractivity (Wildman–Crippen MR) is 132 cm³/mol. The van der Waals surface area contributed by atoms with Crippen LogP contribution < -0.4 is 10.6 Å². The van der Waals surface area contributed by atoms with Crippen molar-refractivity contribution in [2.24, 2.45) is 5.92 Å². The van der Waals surface area contributed by atoms with Gasteiger partial charge in [0.25, 0.3) is 5.91 Å². The van der Waals surface area contributed by atoms with Crippen LogP contribution in [0.25, 0.3) is 11.3 Å². The van der Waals surface area contributed by atoms with Gasteiger partial charge in [0.1, 0.15) is 11.7 Å². The number of hydrogen-bond donors (Lipinski definition) is 2. The molecule has 0 unspecified atom stereocenters. The minimum atomic E-state index is -1.45. The minimum Gasteiger partial charge on any atom is -0.463 e. The number of carbonyl (C=O) groups is 4. The van der Waals surface area contributed by atoms with E-state index in [1.165, 1.54) is 12.1 Å². The lowest BCUT2D eigenvalue weighted by atomic mass is 9.85. The molecule has 0 radical (unpaired) electrons. The highest BCUT2D eigenvalue weighted by Crippen LogP contribution is 2.32. The molecule has 0 atom stereocenters. The smallest absolute Gasteiger partial charge is 0.337 e. The summed E-state index contributed by atoms with van der Waals surface area (Å²) in [5.41, 5.74) is 1.61. The van der Waals surface area contributed by atoms with E-state index >= 15 is 0 Å². The van der Waals surface area contributed by atoms with Gasteiger partial charge in [-0.3, -0.25) is 14.9 Å². The van der Waals surface area contributed by atoms with Gasteiger partial charge in [0.2, 0.25) is 0 Å². The monoisotopic (exact) mass is 531 g/mol. The molecule has 1 aliphatic rings. The molecule has 0 saturated carbocycles. The first-order chi connectivity index (χ1) is 17.7. The molecule has 0 fully saturated rings. The number of aromatic nitrogens is 1. The van der Waals surface area contributed by atoms with E-state index < -0.39 is 36.3 Å². The Hall–Kier alpha value is -4.06. The van der Waals surface area contributed by atoms with E-state index in [9.17, 15) is 23.6 Å². The van der Waals surface area contributed by atoms with E-state index in [-0.39, 0.29) is 35.3 Å². The van der Waals surface area contributed by atoms with Crippen LogP contribution in [0.4, 0.5) is 9.52 Å². The number of rotatable bonds is 9. The standard InChI is InChI=1S/C25H26FN3O7S/c1-5-34-22(31)19-13(3)27-14(4)20(23(32)35-6-2)21(19)24(33)36-11-18(30)29-25-28-17(12-37-25)15-7-9-16(26)10-8-15/h7-10,12,21,27H,5-6,11H2,1-4H3,(H,28,29,30). The van der Waals surface area contributed by atoms with E-state index in [0.717, 1.165) is 11.3 Å². The molecule has 1 amide bonds. The highest BCUT2D eigenvalue weighted by molar-refractivity contribution is 7.14. The molecule has 12 heteroatoms. The fourth-order valence-electron chi connectivity index (χ4n) is 3.65. The number of esters is 3. The van der Waals surface area contributed by atoms with E-state index in [1.807, 2.05) is 0 Å². The van der Waals surface area contributed by atoms with Crippen LogP contribution in [-0.2, 0) is 33.4 Å². The summed E-state index contributed by atoms with van der Waals surface area (Å²) in [5.74, 6) is -5.10. The fraction of sp³-hybridized carbons (Fsp3) is 0.320. The zero-order valence-electron chi connectivity index (χ0n) is 20.7. The molecular weight excluding hydrogens is 505 g/mol. The minimum absolute atomic E-state index is 0.0466. The molecule has 37 heavy (non-hydrogen) atoms. The fourth-order valence-corrected chi connectivity index (χ4v) is 4.38. The molecule has 0 bridgehead atoms. The molecular formula is C25H26FN3O7S. The lowest BCUT2D eigenvalue weighted by Crippen LogP contribution is -2.39. The number of hydrogen-bond acceptors (Lipinski definition) is 10. The Morgan fingerprint density at radius 1 is 0.973 bits per heavy atom. The van der Waals surface area contributed by atoms with E-state index in [2.05, 4.69) is 15.6 Å². The van der Waals surface area contributed by atoms with Crippen molar-refractivity contribution >= 4 is 40.3 Å². The summed E-state index contributed by atoms with van der Waals surface area (Å²) < 4.78 is 28.5. The van der Waals surface area contributed by atoms with Gasteiger partial charge in [0.05, 0.1) is 30.1 Å². The Morgan fingerprint density at radius 2 is 1.54 bits per heavy atom. The van der Waals surface area contributed by atoms with Crippen LogP contribution in [0.3, 0.4) is 0 Å². The summed E-state index contributed by atoms with van der Waals surface area (Å²) in [6.07, 6.45) is 0. The lowest BCUT2D eigenvalue weighted by Gasteiger charge is -2.28. The SMILES string of the molecule is CCOC(=O)C1=C(C)NC(C)=C(C(=O)OCC)C1C(=O)OCC(=O)Nc1nc(-c2ccc(F)cc2)cs1. The number of nitrogens with one attached hydrogen (secondary N) is 2. The second-order valence-electron chi connectivity index (χ2n) is 7.78. The van der Waals surface area contributed by atoms with Crippen molar-refractivity contribution < 1.29 is 37.8 Å². The Morgan fingerprint density at radius 3 is 2.08 bits per heavy atom. The van der Waals surface area contributed by atoms with Crippen molar-refractivity contribution in [3.63, 3.8) is 0 Å². The number of ether oxygens (including phenoxy) is 3. The van der Waals surface area contributed by atoms with Crippen LogP contribution in [0.5, 0.6) is 0 Å². The van der Waals surface area contributed by atoms with Crippen LogP contribution in [0.15, 0.2) is 52.2 Å². The molecule has 0 aliphatic carbocycles. The number of carbonyl (C=O) groups excluding carboxylic acids is 4. The molecule has 1 aromatic heterocycles. The van der Waals surface area contributed by atoms with Gasteiger partial charge < -0.3 is 19.5 Å². The van der Waals surface area contributed by atoms with Crippen molar-refractivity contribution in [1.82, 2.24) is 10.3 Å². The van der Waals surface area contributed by atoms with E-state index in [1.54, 1.807) is 45.2 Å². The third kappa shape index (κ3) is 6.58. The summed E-state index contributed by atoms with van der Waals surface area (Å²) in [4.78, 5) is 55.2. The largest absolute Gasteiger partial charge is 0.463 e. The molecule has 2 aromatic rings. The molecule has 0 spiro atoms. The maximum atomic E-state index is 13.1. The lowest BCUT2D eigenvalue weighted by molar-refractivity contribution is -0.153. The zero-order valence-corrected chi connectivity index (χ0v) is 21.5. The topological polar surface area (TPSA) is 133 Å². The van der Waals surface area contributed by atoms with Crippen LogP contribution in [0.1, 0.15) is 27.7 Å². The average molecular weight is 532 g/mol. The Kier molecular flexibility index (Phi) is 9.12. The number of amides is 1. The number of nitrogens with zero attached hydrogens (tertiary/aromatic N) is 1. The summed E-state index contributed by atoms with van der Waals surface area (Å²) >= 11 is 1.14. The molecule has 0 saturated heterocycles. The average Bonchev–Trinajstić information content (AvgIpc) is 3.31. The predicted octanol–water partition coefficient (Wildman–Crippen LogP) is 3.32. The van der Waals surface area contributed by atoms with Gasteiger partial charge in [-0.1, -0.05) is 0 Å². The van der Waals surface area contributed by atoms with E-state index in [0.29, 0.717) is 22.7 Å². The van der Waals surface area contributed by atoms with Gasteiger partial charge in [-0.25, -0.2) is 19.0 Å². The van der Waals surface area contributed by atoms with Crippen LogP contribution in [0, 0.1) is 11.7 Å². The maximum Gasteiger partial charge on any atom is 0.337 e. The summed E-state index contributed by atoms with van der Waals surface area (Å²) in [6, 6.07) is 5.72. The number of anilines is 1. The number of allylic oxidation sites excluding steroid dienone is 2. The highest BCUT2D eigenvalue weighted by Gasteiger charge is 2.42. The third-order valence-electron chi connectivity index (χ3n) is 5.22. The van der Waals surface area contributed by atoms with Crippen molar-refractivity contribution in [3.8, 4) is 11.3 Å². The van der Waals surface area contributed by atoms with Crippen molar-refractivity contribution in [3.05, 3.63) is 58.0 Å². The maximum absolute atomic E-state index is 13.1. The Bertz CT molecular complexity index is 1230. The number of dihydropyridines is 1. The van der Waals surface area contributed by atoms with Crippen LogP contribution in [-0.4, -0.2) is 48.6 Å². The number of benzene rings is 1. The highest BCUT2D eigenvalue weighted by atomic mass is 32.1. The quantitative estimate of drug-likeness (QED) is 0.369. The number of thiazole rings is 1. The molecule has 2 N–H and O–H groups in total. The Balaban J connectivity index is 1.74. The summed E-state index contributed by atoms with van der Waals surface area (Å²) in [6.45, 7) is 5.73. The molecule has 196 valence electrons. The van der Waals surface area contributed by atoms with Crippen LogP contribution >= 0.6 is 11.3 Å². The van der Waals surface area contributed by atoms with Gasteiger partial charge in [-0.15, -0.1) is 11.3 Å². The van der Waals surface area contributed by atoms with Crippen molar-refractivity contribution in [2.45, 2.75) is 27.7 Å². The first-order valence-corrected chi connectivity index (χ1v) is 12.2. The summed E-state index contributed by atoms with van der Waals surface area (Å²) in [5, 5.41) is 7.35. The second-order valence-corrected chi connectivity index (χ2v) is 8.64. The first-order valence-electron chi connectivity index (χ1n) is 11.4. The summed E-state index contributed by atoms with van der Waals surface area (Å²) in [7, 11) is 0. The molecule has 10 nitrogen and oxygen atoms in total. The Labute approximate surface area is 216 Å².